The van der Waals surface area contributed by atoms with E-state index in [2.05, 4.69) is 10.6 Å². The largest absolute Gasteiger partial charge is 0.385 e. The van der Waals surface area contributed by atoms with Crippen LogP contribution in [-0.2, 0) is 22.5 Å². The Balaban J connectivity index is 1.45. The maximum atomic E-state index is 13.2. The lowest BCUT2D eigenvalue weighted by Gasteiger charge is -2.33. The average molecular weight is 512 g/mol. The number of piperidine rings is 1. The van der Waals surface area contributed by atoms with Gasteiger partial charge >= 0.3 is 0 Å². The molecule has 0 unspecified atom stereocenters. The van der Waals surface area contributed by atoms with E-state index in [0.29, 0.717) is 42.3 Å². The van der Waals surface area contributed by atoms with Crippen LogP contribution in [0.3, 0.4) is 0 Å². The van der Waals surface area contributed by atoms with Crippen LogP contribution in [0.2, 0.25) is 5.02 Å². The molecule has 1 fully saturated rings. The zero-order chi connectivity index (χ0) is 25.7. The molecule has 1 aliphatic heterocycles. The Hall–Kier alpha value is -2.94. The van der Waals surface area contributed by atoms with Gasteiger partial charge in [0.2, 0.25) is 11.8 Å². The number of halogens is 1. The lowest BCUT2D eigenvalue weighted by atomic mass is 9.95. The molecule has 0 spiro atoms. The molecule has 4 N–H and O–H groups in total. The summed E-state index contributed by atoms with van der Waals surface area (Å²) in [4.78, 5) is 31.9. The second-order valence-electron chi connectivity index (χ2n) is 9.47. The highest BCUT2D eigenvalue weighted by molar-refractivity contribution is 6.30. The van der Waals surface area contributed by atoms with Gasteiger partial charge in [-0.2, -0.15) is 0 Å². The van der Waals surface area contributed by atoms with Crippen LogP contribution >= 0.6 is 11.6 Å². The highest BCUT2D eigenvalue weighted by Crippen LogP contribution is 2.30. The third kappa shape index (κ3) is 6.06. The van der Waals surface area contributed by atoms with E-state index in [0.717, 1.165) is 42.7 Å². The number of para-hydroxylation sites is 2. The van der Waals surface area contributed by atoms with Crippen molar-refractivity contribution in [3.8, 4) is 0 Å². The van der Waals surface area contributed by atoms with Crippen LogP contribution in [-0.4, -0.2) is 59.1 Å². The molecule has 0 radical (unpaired) electrons. The summed E-state index contributed by atoms with van der Waals surface area (Å²) in [7, 11) is 1.71. The first-order valence-electron chi connectivity index (χ1n) is 12.4. The Morgan fingerprint density at radius 3 is 2.83 bits per heavy atom. The number of amides is 2. The molecule has 0 aliphatic carbocycles. The summed E-state index contributed by atoms with van der Waals surface area (Å²) in [5, 5.41) is 0.501. The number of carbonyl (C=O) groups excluding carboxylic acids is 2. The summed E-state index contributed by atoms with van der Waals surface area (Å²) < 4.78 is 7.54. The fourth-order valence-corrected chi connectivity index (χ4v) is 5.30. The Kier molecular flexibility index (Phi) is 8.61. The molecule has 1 aromatic heterocycles. The van der Waals surface area contributed by atoms with Gasteiger partial charge in [0.1, 0.15) is 5.82 Å². The number of ether oxygens (including phenoxy) is 1. The van der Waals surface area contributed by atoms with Crippen molar-refractivity contribution >= 4 is 34.4 Å². The fourth-order valence-electron chi connectivity index (χ4n) is 5.10. The summed E-state index contributed by atoms with van der Waals surface area (Å²) in [6.45, 7) is 2.82. The molecular weight excluding hydrogens is 478 g/mol. The summed E-state index contributed by atoms with van der Waals surface area (Å²) in [5.74, 6) is 0.659. The number of fused-ring (bicyclic) bond motifs is 1. The number of imidazole rings is 1. The molecule has 1 saturated heterocycles. The minimum atomic E-state index is -0.535. The Bertz CT molecular complexity index is 1230. The lowest BCUT2D eigenvalue weighted by molar-refractivity contribution is -0.132. The molecule has 36 heavy (non-hydrogen) atoms. The number of hydrogen-bond donors (Lipinski definition) is 2. The van der Waals surface area contributed by atoms with Gasteiger partial charge in [0.25, 0.3) is 0 Å². The fraction of sp³-hybridized carbons (Fsp3) is 0.444. The van der Waals surface area contributed by atoms with Crippen molar-refractivity contribution in [2.24, 2.45) is 11.5 Å². The number of aryl methyl sites for hydroxylation is 1. The molecule has 0 saturated carbocycles. The number of nitrogens with two attached hydrogens (primary N) is 2. The van der Waals surface area contributed by atoms with Gasteiger partial charge in [-0.3, -0.25) is 9.59 Å². The van der Waals surface area contributed by atoms with E-state index in [9.17, 15) is 9.59 Å². The quantitative estimate of drug-likeness (QED) is 0.404. The van der Waals surface area contributed by atoms with E-state index in [1.165, 1.54) is 0 Å². The number of carbonyl (C=O) groups is 2. The molecule has 2 aromatic carbocycles. The van der Waals surface area contributed by atoms with E-state index in [1.54, 1.807) is 25.3 Å². The second-order valence-corrected chi connectivity index (χ2v) is 9.91. The van der Waals surface area contributed by atoms with E-state index < -0.39 is 11.9 Å². The van der Waals surface area contributed by atoms with Crippen LogP contribution in [0.1, 0.15) is 53.3 Å². The number of methoxy groups -OCH3 is 1. The van der Waals surface area contributed by atoms with Gasteiger partial charge in [0.05, 0.1) is 11.0 Å². The van der Waals surface area contributed by atoms with Gasteiger partial charge in [-0.15, -0.1) is 0 Å². The van der Waals surface area contributed by atoms with E-state index in [1.807, 2.05) is 23.1 Å². The van der Waals surface area contributed by atoms with Crippen LogP contribution in [0.5, 0.6) is 0 Å². The third-order valence-electron chi connectivity index (χ3n) is 6.81. The van der Waals surface area contributed by atoms with E-state index >= 15 is 0 Å². The van der Waals surface area contributed by atoms with Gasteiger partial charge in [0, 0.05) is 62.3 Å². The molecule has 1 aliphatic rings. The predicted octanol–water partition coefficient (Wildman–Crippen LogP) is 3.49. The molecule has 192 valence electrons. The number of benzene rings is 2. The van der Waals surface area contributed by atoms with Crippen LogP contribution in [0, 0.1) is 0 Å². The SMILES string of the molecule is COCCCn1c([C@@H]2CCCN(C(=O)C[C@@H](N)Cc3cc(Cl)ccc3C(N)=O)C2)nc2ccccc21. The first kappa shape index (κ1) is 26.1. The number of nitrogens with zero attached hydrogens (tertiary/aromatic N) is 3. The van der Waals surface area contributed by atoms with Gasteiger partial charge in [-0.05, 0) is 61.6 Å². The van der Waals surface area contributed by atoms with Crippen LogP contribution < -0.4 is 11.5 Å². The summed E-state index contributed by atoms with van der Waals surface area (Å²) in [6.07, 6.45) is 3.31. The first-order valence-corrected chi connectivity index (χ1v) is 12.8. The van der Waals surface area contributed by atoms with Gasteiger partial charge < -0.3 is 25.7 Å². The van der Waals surface area contributed by atoms with Gasteiger partial charge in [-0.25, -0.2) is 4.98 Å². The highest BCUT2D eigenvalue weighted by atomic mass is 35.5. The predicted molar refractivity (Wildman–Crippen MR) is 141 cm³/mol. The molecular formula is C27H34ClN5O3. The van der Waals surface area contributed by atoms with Crippen LogP contribution in [0.25, 0.3) is 11.0 Å². The molecule has 9 heteroatoms. The van der Waals surface area contributed by atoms with E-state index in [-0.39, 0.29) is 18.2 Å². The van der Waals surface area contributed by atoms with Gasteiger partial charge in [0.15, 0.2) is 0 Å². The standard InChI is InChI=1S/C27H34ClN5O3/c1-36-13-5-12-33-24-8-3-2-7-23(24)31-27(33)18-6-4-11-32(17-18)25(34)16-21(29)15-19-14-20(28)9-10-22(19)26(30)35/h2-3,7-10,14,18,21H,4-6,11-13,15-17,29H2,1H3,(H2,30,35)/t18-,21+/m1/s1. The third-order valence-corrected chi connectivity index (χ3v) is 7.04. The molecule has 4 rings (SSSR count). The number of aromatic nitrogens is 2. The van der Waals surface area contributed by atoms with Crippen molar-refractivity contribution in [1.82, 2.24) is 14.5 Å². The number of likely N-dealkylation sites (tertiary alicyclic amines) is 1. The molecule has 3 aromatic rings. The number of primary amides is 1. The topological polar surface area (TPSA) is 116 Å². The summed E-state index contributed by atoms with van der Waals surface area (Å²) in [6, 6.07) is 12.6. The van der Waals surface area contributed by atoms with E-state index in [4.69, 9.17) is 32.8 Å². The summed E-state index contributed by atoms with van der Waals surface area (Å²) in [5.41, 5.74) is 15.0. The van der Waals surface area contributed by atoms with Crippen molar-refractivity contribution in [2.45, 2.75) is 50.6 Å². The molecule has 2 atom stereocenters. The Morgan fingerprint density at radius 2 is 2.06 bits per heavy atom. The first-order chi connectivity index (χ1) is 17.4. The van der Waals surface area contributed by atoms with Crippen molar-refractivity contribution in [3.63, 3.8) is 0 Å². The normalized spacial score (nSPS) is 16.9. The van der Waals surface area contributed by atoms with Crippen molar-refractivity contribution < 1.29 is 14.3 Å². The Labute approximate surface area is 216 Å². The molecule has 0 bridgehead atoms. The van der Waals surface area contributed by atoms with Crippen LogP contribution in [0.15, 0.2) is 42.5 Å². The molecule has 8 nitrogen and oxygen atoms in total. The highest BCUT2D eigenvalue weighted by Gasteiger charge is 2.29. The number of rotatable bonds is 10. The van der Waals surface area contributed by atoms with Gasteiger partial charge in [-0.1, -0.05) is 23.7 Å². The Morgan fingerprint density at radius 1 is 1.25 bits per heavy atom. The van der Waals surface area contributed by atoms with Crippen molar-refractivity contribution in [3.05, 3.63) is 64.4 Å². The minimum Gasteiger partial charge on any atom is -0.385 e. The minimum absolute atomic E-state index is 0.0110. The monoisotopic (exact) mass is 511 g/mol. The summed E-state index contributed by atoms with van der Waals surface area (Å²) >= 11 is 6.11. The number of hydrogen-bond acceptors (Lipinski definition) is 5. The maximum absolute atomic E-state index is 13.2. The zero-order valence-corrected chi connectivity index (χ0v) is 21.4. The molecule has 2 heterocycles. The zero-order valence-electron chi connectivity index (χ0n) is 20.7. The van der Waals surface area contributed by atoms with Crippen molar-refractivity contribution in [1.29, 1.82) is 0 Å². The van der Waals surface area contributed by atoms with Crippen molar-refractivity contribution in [2.75, 3.05) is 26.8 Å². The maximum Gasteiger partial charge on any atom is 0.248 e. The smallest absolute Gasteiger partial charge is 0.248 e. The average Bonchev–Trinajstić information content (AvgIpc) is 3.23. The molecule has 2 amide bonds. The van der Waals surface area contributed by atoms with Crippen LogP contribution in [0.4, 0.5) is 0 Å². The lowest BCUT2D eigenvalue weighted by Crippen LogP contribution is -2.42. The second kappa shape index (κ2) is 11.9.